The van der Waals surface area contributed by atoms with Crippen LogP contribution in [0.2, 0.25) is 0 Å². The first-order valence-electron chi connectivity index (χ1n) is 9.97. The Labute approximate surface area is 183 Å². The summed E-state index contributed by atoms with van der Waals surface area (Å²) < 4.78 is 13.5. The second-order valence-electron chi connectivity index (χ2n) is 7.25. The van der Waals surface area contributed by atoms with E-state index >= 15 is 0 Å². The van der Waals surface area contributed by atoms with Gasteiger partial charge in [-0.2, -0.15) is 5.26 Å². The van der Waals surface area contributed by atoms with Crippen molar-refractivity contribution < 1.29 is 14.0 Å². The lowest BCUT2D eigenvalue weighted by molar-refractivity contribution is -0.126. The average molecular weight is 433 g/mol. The van der Waals surface area contributed by atoms with Gasteiger partial charge in [-0.3, -0.25) is 9.59 Å². The quantitative estimate of drug-likeness (QED) is 0.592. The number of carbonyl (C=O) groups is 2. The highest BCUT2D eigenvalue weighted by molar-refractivity contribution is 6.04. The van der Waals surface area contributed by atoms with Crippen molar-refractivity contribution in [3.63, 3.8) is 0 Å². The first kappa shape index (κ1) is 21.0. The number of aromatic amines is 1. The van der Waals surface area contributed by atoms with Gasteiger partial charge in [0.2, 0.25) is 5.91 Å². The number of fused-ring (bicyclic) bond motifs is 1. The summed E-state index contributed by atoms with van der Waals surface area (Å²) in [5, 5.41) is 11.7. The Morgan fingerprint density at radius 3 is 2.81 bits per heavy atom. The molecule has 0 spiro atoms. The summed E-state index contributed by atoms with van der Waals surface area (Å²) in [6, 6.07) is 5.90. The minimum Gasteiger partial charge on any atom is -0.352 e. The molecule has 3 aromatic rings. The van der Waals surface area contributed by atoms with Gasteiger partial charge in [-0.1, -0.05) is 12.6 Å². The molecule has 0 aliphatic carbocycles. The fourth-order valence-corrected chi connectivity index (χ4v) is 3.54. The standard InChI is InChI=1S/C22H20FN7O2/c1-2-19(31)30-7-5-29(6-8-30)18-13-26-21-20(28-18)16(12-25-21)22(32)27-11-14-3-4-17(23)15(9-14)10-24/h2-4,9,12-13H,1,5-8,11H2,(H,25,26)(H,27,32). The molecule has 1 saturated heterocycles. The van der Waals surface area contributed by atoms with Gasteiger partial charge in [0, 0.05) is 38.9 Å². The molecule has 0 unspecified atom stereocenters. The molecule has 4 rings (SSSR count). The number of nitriles is 1. The molecule has 2 N–H and O–H groups in total. The molecule has 0 saturated carbocycles. The van der Waals surface area contributed by atoms with Gasteiger partial charge in [-0.15, -0.1) is 0 Å². The zero-order chi connectivity index (χ0) is 22.7. The van der Waals surface area contributed by atoms with Gasteiger partial charge in [0.05, 0.1) is 17.3 Å². The maximum Gasteiger partial charge on any atom is 0.255 e. The number of piperazine rings is 1. The molecule has 0 bridgehead atoms. The number of carbonyl (C=O) groups excluding carboxylic acids is 2. The van der Waals surface area contributed by atoms with E-state index in [1.54, 1.807) is 17.2 Å². The number of amides is 2. The number of rotatable bonds is 5. The molecule has 9 nitrogen and oxygen atoms in total. The van der Waals surface area contributed by atoms with Crippen LogP contribution in [0.15, 0.2) is 43.2 Å². The molecule has 10 heteroatoms. The molecular formula is C22H20FN7O2. The Hall–Kier alpha value is -4.26. The van der Waals surface area contributed by atoms with E-state index in [4.69, 9.17) is 5.26 Å². The van der Waals surface area contributed by atoms with Crippen molar-refractivity contribution in [2.75, 3.05) is 31.1 Å². The van der Waals surface area contributed by atoms with Gasteiger partial charge in [0.15, 0.2) is 5.65 Å². The van der Waals surface area contributed by atoms with Gasteiger partial charge >= 0.3 is 0 Å². The Morgan fingerprint density at radius 2 is 2.09 bits per heavy atom. The molecule has 1 aromatic carbocycles. The normalized spacial score (nSPS) is 13.6. The largest absolute Gasteiger partial charge is 0.352 e. The van der Waals surface area contributed by atoms with Crippen LogP contribution in [0.5, 0.6) is 0 Å². The fourth-order valence-electron chi connectivity index (χ4n) is 3.54. The van der Waals surface area contributed by atoms with Crippen molar-refractivity contribution in [1.29, 1.82) is 5.26 Å². The fraction of sp³-hybridized carbons (Fsp3) is 0.227. The van der Waals surface area contributed by atoms with Gasteiger partial charge in [-0.05, 0) is 23.8 Å². The second-order valence-corrected chi connectivity index (χ2v) is 7.25. The molecule has 0 radical (unpaired) electrons. The van der Waals surface area contributed by atoms with E-state index in [1.165, 1.54) is 30.5 Å². The van der Waals surface area contributed by atoms with E-state index in [1.807, 2.05) is 4.90 Å². The summed E-state index contributed by atoms with van der Waals surface area (Å²) in [4.78, 5) is 40.2. The number of nitrogens with zero attached hydrogens (tertiary/aromatic N) is 5. The number of hydrogen-bond donors (Lipinski definition) is 2. The number of aromatic nitrogens is 3. The molecule has 1 aliphatic heterocycles. The van der Waals surface area contributed by atoms with E-state index in [9.17, 15) is 14.0 Å². The number of nitrogens with one attached hydrogen (secondary N) is 2. The van der Waals surface area contributed by atoms with Crippen LogP contribution >= 0.6 is 0 Å². The van der Waals surface area contributed by atoms with E-state index < -0.39 is 5.82 Å². The lowest BCUT2D eigenvalue weighted by Gasteiger charge is -2.34. The zero-order valence-electron chi connectivity index (χ0n) is 17.1. The first-order valence-corrected chi connectivity index (χ1v) is 9.97. The van der Waals surface area contributed by atoms with Crippen LogP contribution < -0.4 is 10.2 Å². The van der Waals surface area contributed by atoms with Crippen molar-refractivity contribution in [3.05, 3.63) is 65.8 Å². The van der Waals surface area contributed by atoms with Crippen LogP contribution in [0.3, 0.4) is 0 Å². The van der Waals surface area contributed by atoms with Gasteiger partial charge in [0.1, 0.15) is 23.2 Å². The average Bonchev–Trinajstić information content (AvgIpc) is 3.26. The van der Waals surface area contributed by atoms with E-state index in [-0.39, 0.29) is 23.9 Å². The third-order valence-electron chi connectivity index (χ3n) is 5.31. The summed E-state index contributed by atoms with van der Waals surface area (Å²) in [5.74, 6) is -0.448. The number of anilines is 1. The molecule has 32 heavy (non-hydrogen) atoms. The summed E-state index contributed by atoms with van der Waals surface area (Å²) in [6.45, 7) is 5.93. The summed E-state index contributed by atoms with van der Waals surface area (Å²) in [7, 11) is 0. The zero-order valence-corrected chi connectivity index (χ0v) is 17.1. The van der Waals surface area contributed by atoms with E-state index in [2.05, 4.69) is 26.8 Å². The number of hydrogen-bond acceptors (Lipinski definition) is 6. The lowest BCUT2D eigenvalue weighted by Crippen LogP contribution is -2.48. The van der Waals surface area contributed by atoms with Gasteiger partial charge in [-0.25, -0.2) is 14.4 Å². The van der Waals surface area contributed by atoms with Crippen LogP contribution in [-0.4, -0.2) is 57.8 Å². The minimum absolute atomic E-state index is 0.0748. The van der Waals surface area contributed by atoms with Crippen LogP contribution in [-0.2, 0) is 11.3 Å². The number of H-pyrrole nitrogens is 1. The highest BCUT2D eigenvalue weighted by Gasteiger charge is 2.22. The third-order valence-corrected chi connectivity index (χ3v) is 5.31. The monoisotopic (exact) mass is 433 g/mol. The highest BCUT2D eigenvalue weighted by Crippen LogP contribution is 2.20. The van der Waals surface area contributed by atoms with Crippen molar-refractivity contribution in [3.8, 4) is 6.07 Å². The summed E-state index contributed by atoms with van der Waals surface area (Å²) in [5.41, 5.74) is 1.77. The maximum absolute atomic E-state index is 13.5. The molecule has 1 fully saturated rings. The maximum atomic E-state index is 13.5. The topological polar surface area (TPSA) is 118 Å². The Morgan fingerprint density at radius 1 is 1.31 bits per heavy atom. The third kappa shape index (κ3) is 4.13. The van der Waals surface area contributed by atoms with Crippen molar-refractivity contribution >= 4 is 28.8 Å². The minimum atomic E-state index is -0.600. The van der Waals surface area contributed by atoms with E-state index in [0.717, 1.165) is 0 Å². The Kier molecular flexibility index (Phi) is 5.81. The molecule has 1 aliphatic rings. The number of halogens is 1. The predicted molar refractivity (Wildman–Crippen MR) is 115 cm³/mol. The van der Waals surface area contributed by atoms with Crippen LogP contribution in [0.25, 0.3) is 11.2 Å². The first-order chi connectivity index (χ1) is 15.5. The van der Waals surface area contributed by atoms with Crippen molar-refractivity contribution in [2.24, 2.45) is 0 Å². The Bertz CT molecular complexity index is 1240. The van der Waals surface area contributed by atoms with Gasteiger partial charge in [0.25, 0.3) is 5.91 Å². The molecule has 2 aromatic heterocycles. The van der Waals surface area contributed by atoms with E-state index in [0.29, 0.717) is 54.3 Å². The second kappa shape index (κ2) is 8.85. The van der Waals surface area contributed by atoms with Crippen LogP contribution in [0, 0.1) is 17.1 Å². The SMILES string of the molecule is C=CC(=O)N1CCN(c2cnc3[nH]cc(C(=O)NCc4ccc(F)c(C#N)c4)c3n2)CC1. The van der Waals surface area contributed by atoms with Crippen molar-refractivity contribution in [2.45, 2.75) is 6.54 Å². The molecule has 3 heterocycles. The molecular weight excluding hydrogens is 413 g/mol. The van der Waals surface area contributed by atoms with Crippen molar-refractivity contribution in [1.82, 2.24) is 25.2 Å². The highest BCUT2D eigenvalue weighted by atomic mass is 19.1. The lowest BCUT2D eigenvalue weighted by atomic mass is 10.1. The molecule has 0 atom stereocenters. The van der Waals surface area contributed by atoms with Crippen LogP contribution in [0.1, 0.15) is 21.5 Å². The van der Waals surface area contributed by atoms with Gasteiger partial charge < -0.3 is 20.1 Å². The summed E-state index contributed by atoms with van der Waals surface area (Å²) in [6.07, 6.45) is 4.47. The van der Waals surface area contributed by atoms with Crippen LogP contribution in [0.4, 0.5) is 10.2 Å². The predicted octanol–water partition coefficient (Wildman–Crippen LogP) is 1.73. The summed E-state index contributed by atoms with van der Waals surface area (Å²) >= 11 is 0. The number of benzene rings is 1. The smallest absolute Gasteiger partial charge is 0.255 e. The Balaban J connectivity index is 1.48. The molecule has 162 valence electrons. The molecule has 2 amide bonds.